The molecule has 0 bridgehead atoms. The molecule has 5 nitrogen and oxygen atoms in total. The van der Waals surface area contributed by atoms with Crippen molar-refractivity contribution in [2.75, 3.05) is 16.8 Å². The van der Waals surface area contributed by atoms with Crippen LogP contribution in [0.2, 0.25) is 0 Å². The molecule has 0 aliphatic carbocycles. The minimum Gasteiger partial charge on any atom is -0.494 e. The van der Waals surface area contributed by atoms with E-state index in [0.717, 1.165) is 35.7 Å². The van der Waals surface area contributed by atoms with Gasteiger partial charge in [-0.25, -0.2) is 0 Å². The van der Waals surface area contributed by atoms with E-state index in [1.54, 1.807) is 0 Å². The number of nitrogens with one attached hydrogen (secondary N) is 1. The Morgan fingerprint density at radius 2 is 1.65 bits per heavy atom. The largest absolute Gasteiger partial charge is 0.494 e. The van der Waals surface area contributed by atoms with Crippen LogP contribution >= 0.6 is 0 Å². The van der Waals surface area contributed by atoms with Gasteiger partial charge >= 0.3 is 5.97 Å². The third-order valence-corrected chi connectivity index (χ3v) is 6.21. The first-order chi connectivity index (χ1) is 16.7. The van der Waals surface area contributed by atoms with E-state index in [0.29, 0.717) is 13.0 Å². The van der Waals surface area contributed by atoms with Crippen LogP contribution in [0.3, 0.4) is 0 Å². The number of carbonyl (C=O) groups is 1. The molecule has 5 heteroatoms. The number of rotatable bonds is 9. The molecule has 0 spiro atoms. The Hall–Kier alpha value is -3.99. The lowest BCUT2D eigenvalue weighted by atomic mass is 10.1. The maximum absolute atomic E-state index is 10.7. The van der Waals surface area contributed by atoms with Crippen LogP contribution in [0.1, 0.15) is 37.4 Å². The van der Waals surface area contributed by atoms with E-state index in [-0.39, 0.29) is 12.6 Å². The minimum atomic E-state index is -0.742. The summed E-state index contributed by atoms with van der Waals surface area (Å²) in [6.07, 6.45) is 2.55. The van der Waals surface area contributed by atoms with E-state index >= 15 is 0 Å². The molecule has 0 saturated carbocycles. The molecule has 1 atom stereocenters. The lowest BCUT2D eigenvalue weighted by Gasteiger charge is -2.28. The molecule has 0 fully saturated rings. The Morgan fingerprint density at radius 1 is 0.853 bits per heavy atom. The van der Waals surface area contributed by atoms with Crippen LogP contribution < -0.4 is 15.0 Å². The van der Waals surface area contributed by atoms with Crippen LogP contribution in [0.5, 0.6) is 5.75 Å². The first kappa shape index (κ1) is 21.8. The van der Waals surface area contributed by atoms with Crippen molar-refractivity contribution in [3.8, 4) is 5.75 Å². The van der Waals surface area contributed by atoms with Gasteiger partial charge < -0.3 is 20.1 Å². The zero-order chi connectivity index (χ0) is 23.3. The van der Waals surface area contributed by atoms with E-state index in [1.807, 2.05) is 12.1 Å². The van der Waals surface area contributed by atoms with Gasteiger partial charge in [-0.1, -0.05) is 60.7 Å². The number of ether oxygens (including phenoxy) is 1. The molecule has 2 N–H and O–H groups in total. The number of carboxylic acids is 1. The zero-order valence-electron chi connectivity index (χ0n) is 19.0. The number of nitrogens with zero attached hydrogens (tertiary/aromatic N) is 1. The third kappa shape index (κ3) is 4.69. The molecule has 5 rings (SSSR count). The molecular formula is C29H28N2O3. The van der Waals surface area contributed by atoms with Crippen LogP contribution in [0.25, 0.3) is 10.8 Å². The monoisotopic (exact) mass is 452 g/mol. The lowest BCUT2D eigenvalue weighted by Crippen LogP contribution is -2.23. The Morgan fingerprint density at radius 3 is 2.47 bits per heavy atom. The number of hydrogen-bond acceptors (Lipinski definition) is 4. The fraction of sp³-hybridized carbons (Fsp3) is 0.207. The summed E-state index contributed by atoms with van der Waals surface area (Å²) < 4.78 is 6.03. The van der Waals surface area contributed by atoms with Crippen molar-refractivity contribution in [1.29, 1.82) is 0 Å². The molecule has 1 aliphatic rings. The summed E-state index contributed by atoms with van der Waals surface area (Å²) in [7, 11) is 0. The van der Waals surface area contributed by atoms with Gasteiger partial charge in [0, 0.05) is 18.2 Å². The second-order valence-corrected chi connectivity index (χ2v) is 8.59. The van der Waals surface area contributed by atoms with Crippen molar-refractivity contribution < 1.29 is 14.6 Å². The number of anilines is 3. The fourth-order valence-electron chi connectivity index (χ4n) is 4.50. The van der Waals surface area contributed by atoms with Gasteiger partial charge in [0.15, 0.2) is 0 Å². The fourth-order valence-corrected chi connectivity index (χ4v) is 4.50. The van der Waals surface area contributed by atoms with E-state index in [4.69, 9.17) is 9.84 Å². The molecule has 1 unspecified atom stereocenters. The van der Waals surface area contributed by atoms with Gasteiger partial charge in [-0.15, -0.1) is 0 Å². The highest BCUT2D eigenvalue weighted by Gasteiger charge is 2.31. The maximum Gasteiger partial charge on any atom is 0.303 e. The summed E-state index contributed by atoms with van der Waals surface area (Å²) in [5, 5.41) is 14.9. The molecule has 0 amide bonds. The second-order valence-electron chi connectivity index (χ2n) is 8.59. The quantitative estimate of drug-likeness (QED) is 0.265. The topological polar surface area (TPSA) is 61.8 Å². The molecule has 0 aromatic heterocycles. The summed E-state index contributed by atoms with van der Waals surface area (Å²) in [5.41, 5.74) is 4.45. The molecule has 0 radical (unpaired) electrons. The van der Waals surface area contributed by atoms with E-state index in [2.05, 4.69) is 89.1 Å². The number of hydrogen-bond donors (Lipinski definition) is 2. The Bertz CT molecular complexity index is 1290. The van der Waals surface area contributed by atoms with Gasteiger partial charge in [0.25, 0.3) is 0 Å². The summed E-state index contributed by atoms with van der Waals surface area (Å²) in [6.45, 7) is 0.573. The number of fused-ring (bicyclic) bond motifs is 2. The van der Waals surface area contributed by atoms with Crippen molar-refractivity contribution in [3.63, 3.8) is 0 Å². The number of aliphatic carboxylic acids is 1. The highest BCUT2D eigenvalue weighted by Crippen LogP contribution is 2.47. The van der Waals surface area contributed by atoms with Gasteiger partial charge in [-0.3, -0.25) is 4.79 Å². The standard InChI is InChI=1S/C29H28N2O3/c32-28(33)13-5-2-8-18-34-25-16-17-26-27(20-25)31(29(30-26)22-10-3-1-4-11-22)24-15-14-21-9-6-7-12-23(21)19-24/h1,3-4,6-7,9-12,14-17,19-20,29-30H,2,5,8,13,18H2,(H,32,33). The molecule has 172 valence electrons. The smallest absolute Gasteiger partial charge is 0.303 e. The Kier molecular flexibility index (Phi) is 6.34. The molecular weight excluding hydrogens is 424 g/mol. The van der Waals surface area contributed by atoms with Crippen LogP contribution in [0.4, 0.5) is 17.1 Å². The summed E-state index contributed by atoms with van der Waals surface area (Å²) >= 11 is 0. The van der Waals surface area contributed by atoms with Crippen LogP contribution in [0, 0.1) is 0 Å². The van der Waals surface area contributed by atoms with Crippen molar-refractivity contribution in [3.05, 3.63) is 96.6 Å². The van der Waals surface area contributed by atoms with Gasteiger partial charge in [0.1, 0.15) is 11.9 Å². The van der Waals surface area contributed by atoms with E-state index in [9.17, 15) is 4.79 Å². The summed E-state index contributed by atoms with van der Waals surface area (Å²) in [6, 6.07) is 31.6. The van der Waals surface area contributed by atoms with Gasteiger partial charge in [0.05, 0.1) is 18.0 Å². The van der Waals surface area contributed by atoms with Crippen LogP contribution in [0.15, 0.2) is 91.0 Å². The maximum atomic E-state index is 10.7. The second kappa shape index (κ2) is 9.87. The molecule has 1 aliphatic heterocycles. The Labute approximate surface area is 199 Å². The summed E-state index contributed by atoms with van der Waals surface area (Å²) in [5.74, 6) is 0.0760. The third-order valence-electron chi connectivity index (χ3n) is 6.21. The van der Waals surface area contributed by atoms with Crippen LogP contribution in [-0.4, -0.2) is 17.7 Å². The van der Waals surface area contributed by atoms with Crippen molar-refractivity contribution >= 4 is 33.8 Å². The highest BCUT2D eigenvalue weighted by molar-refractivity contribution is 5.90. The average molecular weight is 453 g/mol. The molecule has 34 heavy (non-hydrogen) atoms. The molecule has 4 aromatic rings. The predicted molar refractivity (Wildman–Crippen MR) is 137 cm³/mol. The highest BCUT2D eigenvalue weighted by atomic mass is 16.5. The van der Waals surface area contributed by atoms with Gasteiger partial charge in [-0.05, 0) is 59.9 Å². The number of carboxylic acid groups (broad SMARTS) is 1. The SMILES string of the molecule is O=C(O)CCCCCOc1ccc2c(c1)N(c1ccc3ccccc3c1)C(c1ccccc1)N2. The normalized spacial score (nSPS) is 14.6. The average Bonchev–Trinajstić information content (AvgIpc) is 3.25. The summed E-state index contributed by atoms with van der Waals surface area (Å²) in [4.78, 5) is 13.0. The Balaban J connectivity index is 1.42. The van der Waals surface area contributed by atoms with Gasteiger partial charge in [-0.2, -0.15) is 0 Å². The molecule has 0 saturated heterocycles. The number of benzene rings is 4. The predicted octanol–water partition coefficient (Wildman–Crippen LogP) is 7.13. The van der Waals surface area contributed by atoms with Crippen molar-refractivity contribution in [2.24, 2.45) is 0 Å². The van der Waals surface area contributed by atoms with Crippen LogP contribution in [-0.2, 0) is 4.79 Å². The van der Waals surface area contributed by atoms with Crippen molar-refractivity contribution in [2.45, 2.75) is 31.8 Å². The van der Waals surface area contributed by atoms with E-state index in [1.165, 1.54) is 16.3 Å². The zero-order valence-corrected chi connectivity index (χ0v) is 19.0. The molecule has 1 heterocycles. The first-order valence-electron chi connectivity index (χ1n) is 11.8. The van der Waals surface area contributed by atoms with E-state index < -0.39 is 5.97 Å². The lowest BCUT2D eigenvalue weighted by molar-refractivity contribution is -0.137. The number of unbranched alkanes of at least 4 members (excludes halogenated alkanes) is 2. The first-order valence-corrected chi connectivity index (χ1v) is 11.8. The van der Waals surface area contributed by atoms with Crippen molar-refractivity contribution in [1.82, 2.24) is 0 Å². The minimum absolute atomic E-state index is 0.0244. The molecule has 4 aromatic carbocycles. The van der Waals surface area contributed by atoms with Gasteiger partial charge in [0.2, 0.25) is 0 Å².